The van der Waals surface area contributed by atoms with Crippen molar-refractivity contribution in [2.45, 2.75) is 25.4 Å². The number of aryl methyl sites for hydroxylation is 1. The van der Waals surface area contributed by atoms with E-state index < -0.39 is 0 Å². The Kier molecular flexibility index (Phi) is 3.25. The molecule has 0 aliphatic carbocycles. The highest BCUT2D eigenvalue weighted by Gasteiger charge is 2.40. The molecule has 0 radical (unpaired) electrons. The van der Waals surface area contributed by atoms with Crippen LogP contribution in [-0.4, -0.2) is 12.9 Å². The van der Waals surface area contributed by atoms with Crippen LogP contribution >= 0.6 is 11.3 Å². The fourth-order valence-electron chi connectivity index (χ4n) is 2.91. The second-order valence-electron chi connectivity index (χ2n) is 4.88. The van der Waals surface area contributed by atoms with Crippen LogP contribution in [0.5, 0.6) is 0 Å². The van der Waals surface area contributed by atoms with Gasteiger partial charge in [-0.05, 0) is 31.4 Å². The normalized spacial score (nSPS) is 22.6. The number of carbonyl (C=O) groups excluding carboxylic acids is 1. The largest absolute Gasteiger partial charge is 0.365 e. The van der Waals surface area contributed by atoms with Crippen LogP contribution < -0.4 is 0 Å². The summed E-state index contributed by atoms with van der Waals surface area (Å²) < 4.78 is 6.14. The fraction of sp³-hybridized carbons (Fsp3) is 0.312. The molecule has 3 rings (SSSR count). The lowest BCUT2D eigenvalue weighted by atomic mass is 9.84. The van der Waals surface area contributed by atoms with Crippen molar-refractivity contribution in [2.75, 3.05) is 6.61 Å². The van der Waals surface area contributed by atoms with E-state index in [2.05, 4.69) is 19.1 Å². The van der Waals surface area contributed by atoms with Gasteiger partial charge in [-0.1, -0.05) is 30.3 Å². The van der Waals surface area contributed by atoms with E-state index in [4.69, 9.17) is 4.74 Å². The van der Waals surface area contributed by atoms with E-state index in [0.29, 0.717) is 0 Å². The van der Waals surface area contributed by atoms with Gasteiger partial charge in [0.15, 0.2) is 6.29 Å². The highest BCUT2D eigenvalue weighted by Crippen LogP contribution is 2.45. The lowest BCUT2D eigenvalue weighted by Gasteiger charge is -2.29. The van der Waals surface area contributed by atoms with Crippen LogP contribution in [0.25, 0.3) is 0 Å². The molecule has 0 unspecified atom stereocenters. The van der Waals surface area contributed by atoms with Gasteiger partial charge in [-0.25, -0.2) is 0 Å². The van der Waals surface area contributed by atoms with Gasteiger partial charge in [0.05, 0.1) is 4.88 Å². The topological polar surface area (TPSA) is 26.3 Å². The molecule has 19 heavy (non-hydrogen) atoms. The first-order valence-electron chi connectivity index (χ1n) is 6.52. The molecule has 1 fully saturated rings. The molecule has 0 bridgehead atoms. The molecular formula is C16H16O2S. The Balaban J connectivity index is 2.15. The highest BCUT2D eigenvalue weighted by atomic mass is 32.1. The van der Waals surface area contributed by atoms with Crippen molar-refractivity contribution < 1.29 is 9.53 Å². The fourth-order valence-corrected chi connectivity index (χ4v) is 3.82. The van der Waals surface area contributed by atoms with Crippen molar-refractivity contribution in [3.05, 3.63) is 57.3 Å². The van der Waals surface area contributed by atoms with Crippen molar-refractivity contribution >= 4 is 17.6 Å². The van der Waals surface area contributed by atoms with Gasteiger partial charge in [-0.3, -0.25) is 4.79 Å². The van der Waals surface area contributed by atoms with E-state index in [0.717, 1.165) is 36.2 Å². The molecule has 0 N–H and O–H groups in total. The van der Waals surface area contributed by atoms with Gasteiger partial charge >= 0.3 is 0 Å². The summed E-state index contributed by atoms with van der Waals surface area (Å²) >= 11 is 1.55. The van der Waals surface area contributed by atoms with Gasteiger partial charge in [0, 0.05) is 17.0 Å². The summed E-state index contributed by atoms with van der Waals surface area (Å²) in [5, 5.41) is 0. The maximum Gasteiger partial charge on any atom is 0.160 e. The van der Waals surface area contributed by atoms with E-state index in [-0.39, 0.29) is 5.60 Å². The molecule has 0 spiro atoms. The SMILES string of the molecule is Cc1sc(C=O)cc1[C@@]1(c2ccccc2)CCCO1. The minimum atomic E-state index is -0.358. The predicted molar refractivity (Wildman–Crippen MR) is 76.9 cm³/mol. The molecule has 1 saturated heterocycles. The number of rotatable bonds is 3. The van der Waals surface area contributed by atoms with Gasteiger partial charge in [0.2, 0.25) is 0 Å². The zero-order valence-electron chi connectivity index (χ0n) is 10.9. The van der Waals surface area contributed by atoms with Crippen LogP contribution in [0.1, 0.15) is 38.5 Å². The number of benzene rings is 1. The summed E-state index contributed by atoms with van der Waals surface area (Å²) in [6.45, 7) is 2.85. The standard InChI is InChI=1S/C16H16O2S/c1-12-15(10-14(11-17)19-12)16(8-5-9-18-16)13-6-3-2-4-7-13/h2-4,6-7,10-11H,5,8-9H2,1H3/t16-/m0/s1. The summed E-state index contributed by atoms with van der Waals surface area (Å²) in [5.74, 6) is 0. The smallest absolute Gasteiger partial charge is 0.160 e. The molecule has 1 aliphatic rings. The number of hydrogen-bond donors (Lipinski definition) is 0. The molecular weight excluding hydrogens is 256 g/mol. The molecule has 1 aromatic carbocycles. The quantitative estimate of drug-likeness (QED) is 0.791. The third kappa shape index (κ3) is 2.03. The van der Waals surface area contributed by atoms with Gasteiger partial charge in [-0.2, -0.15) is 0 Å². The van der Waals surface area contributed by atoms with Crippen LogP contribution in [0.15, 0.2) is 36.4 Å². The number of ether oxygens (including phenoxy) is 1. The first-order chi connectivity index (χ1) is 9.26. The Morgan fingerprint density at radius 1 is 1.32 bits per heavy atom. The van der Waals surface area contributed by atoms with Gasteiger partial charge in [-0.15, -0.1) is 11.3 Å². The minimum absolute atomic E-state index is 0.358. The number of aldehydes is 1. The average Bonchev–Trinajstić information content (AvgIpc) is 3.07. The van der Waals surface area contributed by atoms with Gasteiger partial charge < -0.3 is 4.74 Å². The van der Waals surface area contributed by atoms with Crippen molar-refractivity contribution in [2.24, 2.45) is 0 Å². The zero-order chi connectivity index (χ0) is 13.3. The Morgan fingerprint density at radius 2 is 2.11 bits per heavy atom. The maximum absolute atomic E-state index is 11.0. The Labute approximate surface area is 117 Å². The summed E-state index contributed by atoms with van der Waals surface area (Å²) in [7, 11) is 0. The molecule has 1 aliphatic heterocycles. The number of carbonyl (C=O) groups is 1. The molecule has 2 aromatic rings. The highest BCUT2D eigenvalue weighted by molar-refractivity contribution is 7.13. The molecule has 2 nitrogen and oxygen atoms in total. The van der Waals surface area contributed by atoms with E-state index >= 15 is 0 Å². The zero-order valence-corrected chi connectivity index (χ0v) is 11.7. The second kappa shape index (κ2) is 4.91. The van der Waals surface area contributed by atoms with Crippen LogP contribution in [0.3, 0.4) is 0 Å². The molecule has 1 atom stereocenters. The van der Waals surface area contributed by atoms with E-state index in [9.17, 15) is 4.79 Å². The monoisotopic (exact) mass is 272 g/mol. The molecule has 2 heterocycles. The summed E-state index contributed by atoms with van der Waals surface area (Å²) in [4.78, 5) is 12.9. The molecule has 1 aromatic heterocycles. The van der Waals surface area contributed by atoms with Gasteiger partial charge in [0.25, 0.3) is 0 Å². The minimum Gasteiger partial charge on any atom is -0.365 e. The van der Waals surface area contributed by atoms with Crippen molar-refractivity contribution in [1.82, 2.24) is 0 Å². The molecule has 3 heteroatoms. The first kappa shape index (κ1) is 12.6. The summed E-state index contributed by atoms with van der Waals surface area (Å²) in [6.07, 6.45) is 2.96. The Bertz CT molecular complexity index is 580. The Morgan fingerprint density at radius 3 is 2.68 bits per heavy atom. The molecule has 98 valence electrons. The van der Waals surface area contributed by atoms with Crippen molar-refractivity contribution in [3.8, 4) is 0 Å². The van der Waals surface area contributed by atoms with E-state index in [1.54, 1.807) is 11.3 Å². The lowest BCUT2D eigenvalue weighted by Crippen LogP contribution is -2.26. The van der Waals surface area contributed by atoms with E-state index in [1.165, 1.54) is 10.4 Å². The number of thiophene rings is 1. The summed E-state index contributed by atoms with van der Waals surface area (Å²) in [5.41, 5.74) is 1.98. The predicted octanol–water partition coefficient (Wildman–Crippen LogP) is 3.92. The lowest BCUT2D eigenvalue weighted by molar-refractivity contribution is 0.0359. The average molecular weight is 272 g/mol. The third-order valence-electron chi connectivity index (χ3n) is 3.75. The first-order valence-corrected chi connectivity index (χ1v) is 7.33. The van der Waals surface area contributed by atoms with E-state index in [1.807, 2.05) is 24.3 Å². The maximum atomic E-state index is 11.0. The molecule has 0 saturated carbocycles. The molecule has 0 amide bonds. The van der Waals surface area contributed by atoms with Crippen LogP contribution in [0.4, 0.5) is 0 Å². The summed E-state index contributed by atoms with van der Waals surface area (Å²) in [6, 6.07) is 12.3. The van der Waals surface area contributed by atoms with Crippen LogP contribution in [-0.2, 0) is 10.3 Å². The van der Waals surface area contributed by atoms with Gasteiger partial charge in [0.1, 0.15) is 5.60 Å². The van der Waals surface area contributed by atoms with Crippen molar-refractivity contribution in [1.29, 1.82) is 0 Å². The Hall–Kier alpha value is -1.45. The van der Waals surface area contributed by atoms with Crippen LogP contribution in [0.2, 0.25) is 0 Å². The number of hydrogen-bond acceptors (Lipinski definition) is 3. The van der Waals surface area contributed by atoms with Crippen LogP contribution in [0, 0.1) is 6.92 Å². The van der Waals surface area contributed by atoms with Crippen molar-refractivity contribution in [3.63, 3.8) is 0 Å². The second-order valence-corrected chi connectivity index (χ2v) is 6.17. The third-order valence-corrected chi connectivity index (χ3v) is 4.73.